The second-order valence-electron chi connectivity index (χ2n) is 3.61. The third kappa shape index (κ3) is 2.09. The third-order valence-electron chi connectivity index (χ3n) is 2.51. The van der Waals surface area contributed by atoms with E-state index in [0.717, 1.165) is 10.4 Å². The van der Waals surface area contributed by atoms with Gasteiger partial charge in [0, 0.05) is 34.0 Å². The maximum atomic E-state index is 11.5. The minimum atomic E-state index is -0.0468. The molecule has 0 aliphatic carbocycles. The molecule has 1 heterocycles. The van der Waals surface area contributed by atoms with Crippen molar-refractivity contribution < 1.29 is 14.3 Å². The molecule has 0 radical (unpaired) electrons. The van der Waals surface area contributed by atoms with Crippen molar-refractivity contribution in [2.75, 3.05) is 31.7 Å². The summed E-state index contributed by atoms with van der Waals surface area (Å²) < 4.78 is 5.83. The molecule has 0 unspecified atom stereocenters. The van der Waals surface area contributed by atoms with Crippen LogP contribution in [-0.2, 0) is 9.53 Å². The molecule has 16 heavy (non-hydrogen) atoms. The van der Waals surface area contributed by atoms with Crippen LogP contribution in [0.4, 0.5) is 11.4 Å². The minimum Gasteiger partial charge on any atom is -0.370 e. The Morgan fingerprint density at radius 2 is 2.00 bits per heavy atom. The first kappa shape index (κ1) is 10.8. The lowest BCUT2D eigenvalue weighted by molar-refractivity contribution is -0.428. The lowest BCUT2D eigenvalue weighted by atomic mass is 10.2. The number of ether oxygens (including phenoxy) is 1. The lowest BCUT2D eigenvalue weighted by Gasteiger charge is -2.26. The summed E-state index contributed by atoms with van der Waals surface area (Å²) in [7, 11) is 1.44. The van der Waals surface area contributed by atoms with Crippen molar-refractivity contribution in [1.29, 1.82) is 0 Å². The smallest absolute Gasteiger partial charge is 0.255 e. The van der Waals surface area contributed by atoms with Gasteiger partial charge in [-0.3, -0.25) is 4.79 Å². The van der Waals surface area contributed by atoms with Crippen LogP contribution in [0.25, 0.3) is 0 Å². The van der Waals surface area contributed by atoms with Crippen LogP contribution in [0.15, 0.2) is 24.3 Å². The van der Waals surface area contributed by atoms with Gasteiger partial charge in [0.2, 0.25) is 0 Å². The normalized spacial score (nSPS) is 16.3. The molecule has 0 saturated carbocycles. The average Bonchev–Trinajstić information content (AvgIpc) is 2.30. The van der Waals surface area contributed by atoms with Crippen molar-refractivity contribution in [2.45, 2.75) is 0 Å². The van der Waals surface area contributed by atoms with E-state index in [4.69, 9.17) is 4.74 Å². The van der Waals surface area contributed by atoms with E-state index >= 15 is 0 Å². The average molecular weight is 221 g/mol. The van der Waals surface area contributed by atoms with Crippen LogP contribution in [0, 0.1) is 4.91 Å². The van der Waals surface area contributed by atoms with Gasteiger partial charge in [-0.25, -0.2) is 0 Å². The zero-order valence-electron chi connectivity index (χ0n) is 9.05. The number of carbonyl (C=O) groups is 1. The highest BCUT2D eigenvalue weighted by molar-refractivity contribution is 5.94. The number of carbonyl (C=O) groups excluding carboxylic acids is 1. The Bertz CT molecular complexity index is 414. The van der Waals surface area contributed by atoms with E-state index in [1.54, 1.807) is 29.2 Å². The first-order chi connectivity index (χ1) is 7.68. The molecule has 1 aliphatic heterocycles. The zero-order chi connectivity index (χ0) is 11.5. The summed E-state index contributed by atoms with van der Waals surface area (Å²) in [5.74, 6) is -0.0468. The predicted molar refractivity (Wildman–Crippen MR) is 58.8 cm³/mol. The lowest BCUT2D eigenvalue weighted by Crippen LogP contribution is -2.41. The molecule has 0 spiro atoms. The monoisotopic (exact) mass is 221 g/mol. The predicted octanol–water partition coefficient (Wildman–Crippen LogP) is 1.09. The quantitative estimate of drug-likeness (QED) is 0.702. The van der Waals surface area contributed by atoms with Crippen molar-refractivity contribution in [3.63, 3.8) is 0 Å². The Hall–Kier alpha value is -1.75. The molecule has 1 aliphatic rings. The summed E-state index contributed by atoms with van der Waals surface area (Å²) in [6, 6.07) is 6.94. The molecule has 0 aromatic heterocycles. The van der Waals surface area contributed by atoms with Gasteiger partial charge in [0.15, 0.2) is 7.05 Å². The van der Waals surface area contributed by atoms with Crippen LogP contribution >= 0.6 is 0 Å². The Morgan fingerprint density at radius 3 is 2.56 bits per heavy atom. The summed E-state index contributed by atoms with van der Waals surface area (Å²) in [6.45, 7) is 1.24. The number of nitrogens with zero attached hydrogens (tertiary/aromatic N) is 2. The minimum absolute atomic E-state index is 0.0468. The maximum absolute atomic E-state index is 11.5. The molecule has 1 aromatic carbocycles. The molecule has 0 N–H and O–H groups in total. The topological polar surface area (TPSA) is 49.6 Å². The van der Waals surface area contributed by atoms with Crippen molar-refractivity contribution in [3.8, 4) is 0 Å². The van der Waals surface area contributed by atoms with Gasteiger partial charge in [-0.15, -0.1) is 0 Å². The van der Waals surface area contributed by atoms with E-state index in [1.165, 1.54) is 7.05 Å². The number of hydrogen-bond donors (Lipinski definition) is 0. The Labute approximate surface area is 93.2 Å². The highest BCUT2D eigenvalue weighted by Crippen LogP contribution is 2.20. The van der Waals surface area contributed by atoms with E-state index in [1.807, 2.05) is 0 Å². The number of nitroso groups, excluding NO2 is 1. The van der Waals surface area contributed by atoms with Gasteiger partial charge >= 0.3 is 0 Å². The Morgan fingerprint density at radius 1 is 1.31 bits per heavy atom. The highest BCUT2D eigenvalue weighted by Gasteiger charge is 2.20. The summed E-state index contributed by atoms with van der Waals surface area (Å²) >= 11 is 0. The maximum Gasteiger partial charge on any atom is 0.255 e. The van der Waals surface area contributed by atoms with Crippen molar-refractivity contribution in [2.24, 2.45) is 0 Å². The molecule has 0 bridgehead atoms. The molecule has 5 nitrogen and oxygen atoms in total. The molecule has 1 saturated heterocycles. The fourth-order valence-corrected chi connectivity index (χ4v) is 1.63. The molecular formula is C11H13N2O3+. The second kappa shape index (κ2) is 4.40. The summed E-state index contributed by atoms with van der Waals surface area (Å²) in [5, 5.41) is 0. The van der Waals surface area contributed by atoms with Gasteiger partial charge in [-0.2, -0.15) is 0 Å². The Kier molecular flexibility index (Phi) is 2.96. The van der Waals surface area contributed by atoms with Crippen LogP contribution < -0.4 is 4.90 Å². The van der Waals surface area contributed by atoms with Crippen molar-refractivity contribution >= 4 is 17.3 Å². The van der Waals surface area contributed by atoms with Crippen LogP contribution in [0.1, 0.15) is 0 Å². The molecule has 84 valence electrons. The van der Waals surface area contributed by atoms with Gasteiger partial charge < -0.3 is 9.64 Å². The number of morpholine rings is 1. The summed E-state index contributed by atoms with van der Waals surface area (Å²) in [4.78, 5) is 24.2. The van der Waals surface area contributed by atoms with Gasteiger partial charge in [-0.05, 0) is 12.1 Å². The fraction of sp³-hybridized carbons (Fsp3) is 0.364. The second-order valence-corrected chi connectivity index (χ2v) is 3.61. The zero-order valence-corrected chi connectivity index (χ0v) is 9.05. The van der Waals surface area contributed by atoms with Crippen LogP contribution in [0.5, 0.6) is 0 Å². The van der Waals surface area contributed by atoms with Gasteiger partial charge in [0.25, 0.3) is 11.6 Å². The molecule has 1 fully saturated rings. The molecule has 0 atom stereocenters. The van der Waals surface area contributed by atoms with E-state index in [0.29, 0.717) is 18.8 Å². The van der Waals surface area contributed by atoms with E-state index in [-0.39, 0.29) is 12.5 Å². The molecule has 2 rings (SSSR count). The van der Waals surface area contributed by atoms with Crippen LogP contribution in [0.3, 0.4) is 0 Å². The molecular weight excluding hydrogens is 208 g/mol. The Balaban J connectivity index is 2.20. The SMILES string of the molecule is C[N+](=O)c1ccc(N2CCOCC2=O)cc1. The van der Waals surface area contributed by atoms with E-state index in [2.05, 4.69) is 0 Å². The molecule has 5 heteroatoms. The fourth-order valence-electron chi connectivity index (χ4n) is 1.63. The van der Waals surface area contributed by atoms with E-state index in [9.17, 15) is 9.70 Å². The van der Waals surface area contributed by atoms with Gasteiger partial charge in [-0.1, -0.05) is 0 Å². The number of anilines is 1. The van der Waals surface area contributed by atoms with Crippen molar-refractivity contribution in [1.82, 2.24) is 0 Å². The van der Waals surface area contributed by atoms with Gasteiger partial charge in [0.1, 0.15) is 6.61 Å². The number of benzene rings is 1. The van der Waals surface area contributed by atoms with Crippen LogP contribution in [0.2, 0.25) is 0 Å². The summed E-state index contributed by atoms with van der Waals surface area (Å²) in [6.07, 6.45) is 0. The van der Waals surface area contributed by atoms with Crippen molar-refractivity contribution in [3.05, 3.63) is 29.2 Å². The molecule has 1 aromatic rings. The molecule has 1 amide bonds. The highest BCUT2D eigenvalue weighted by atomic mass is 16.5. The van der Waals surface area contributed by atoms with Crippen LogP contribution in [-0.4, -0.2) is 37.5 Å². The largest absolute Gasteiger partial charge is 0.370 e. The van der Waals surface area contributed by atoms with Gasteiger partial charge in [0.05, 0.1) is 6.61 Å². The standard InChI is InChI=1S/C11H13N2O3/c1-12(15)9-2-4-10(5-3-9)13-6-7-16-8-11(13)14/h2-5H,6-8H2,1H3/q+1. The number of amides is 1. The first-order valence-corrected chi connectivity index (χ1v) is 5.07. The number of rotatable bonds is 2. The number of hydrogen-bond acceptors (Lipinski definition) is 3. The third-order valence-corrected chi connectivity index (χ3v) is 2.51. The summed E-state index contributed by atoms with van der Waals surface area (Å²) in [5.41, 5.74) is 1.38. The first-order valence-electron chi connectivity index (χ1n) is 5.07. The van der Waals surface area contributed by atoms with E-state index < -0.39 is 0 Å².